The summed E-state index contributed by atoms with van der Waals surface area (Å²) >= 11 is 0. The van der Waals surface area contributed by atoms with Crippen molar-refractivity contribution >= 4 is 12.0 Å². The molecule has 0 unspecified atom stereocenters. The Bertz CT molecular complexity index is 852. The monoisotopic (exact) mass is 408 g/mol. The average Bonchev–Trinajstić information content (AvgIpc) is 2.81. The molecule has 1 amide bonds. The van der Waals surface area contributed by atoms with Gasteiger partial charge in [0.15, 0.2) is 0 Å². The number of amides is 1. The van der Waals surface area contributed by atoms with E-state index in [1.165, 1.54) is 17.7 Å². The molecule has 0 N–H and O–H groups in total. The van der Waals surface area contributed by atoms with Crippen molar-refractivity contribution in [3.8, 4) is 0 Å². The summed E-state index contributed by atoms with van der Waals surface area (Å²) in [4.78, 5) is 18.0. The highest BCUT2D eigenvalue weighted by Crippen LogP contribution is 2.37. The van der Waals surface area contributed by atoms with Gasteiger partial charge < -0.3 is 9.64 Å². The van der Waals surface area contributed by atoms with Gasteiger partial charge in [-0.15, -0.1) is 0 Å². The van der Waals surface area contributed by atoms with E-state index in [4.69, 9.17) is 4.74 Å². The van der Waals surface area contributed by atoms with Crippen molar-refractivity contribution in [3.63, 3.8) is 0 Å². The van der Waals surface area contributed by atoms with Crippen molar-refractivity contribution in [1.82, 2.24) is 9.80 Å². The van der Waals surface area contributed by atoms with Crippen molar-refractivity contribution in [3.05, 3.63) is 77.6 Å². The van der Waals surface area contributed by atoms with E-state index in [9.17, 15) is 9.18 Å². The largest absolute Gasteiger partial charge is 0.381 e. The molecule has 4 rings (SSSR count). The lowest BCUT2D eigenvalue weighted by Gasteiger charge is -2.43. The lowest BCUT2D eigenvalue weighted by Crippen LogP contribution is -2.56. The Balaban J connectivity index is 1.38. The first-order valence-corrected chi connectivity index (χ1v) is 10.7. The molecule has 30 heavy (non-hydrogen) atoms. The van der Waals surface area contributed by atoms with Crippen molar-refractivity contribution in [2.45, 2.75) is 18.3 Å². The Kier molecular flexibility index (Phi) is 6.60. The molecule has 4 nitrogen and oxygen atoms in total. The molecular formula is C25H29FN2O2. The third kappa shape index (κ3) is 4.63. The van der Waals surface area contributed by atoms with Crippen molar-refractivity contribution in [2.24, 2.45) is 0 Å². The Morgan fingerprint density at radius 2 is 1.63 bits per heavy atom. The topological polar surface area (TPSA) is 32.8 Å². The smallest absolute Gasteiger partial charge is 0.233 e. The molecule has 0 aliphatic carbocycles. The van der Waals surface area contributed by atoms with Crippen LogP contribution in [0.5, 0.6) is 0 Å². The molecule has 0 saturated carbocycles. The van der Waals surface area contributed by atoms with Gasteiger partial charge in [0.25, 0.3) is 0 Å². The summed E-state index contributed by atoms with van der Waals surface area (Å²) in [6, 6.07) is 16.7. The molecule has 0 aromatic heterocycles. The van der Waals surface area contributed by atoms with Crippen LogP contribution in [0, 0.1) is 5.82 Å². The maximum atomic E-state index is 13.6. The average molecular weight is 409 g/mol. The summed E-state index contributed by atoms with van der Waals surface area (Å²) in [6.07, 6.45) is 5.63. The van der Waals surface area contributed by atoms with Gasteiger partial charge in [0.2, 0.25) is 5.91 Å². The van der Waals surface area contributed by atoms with Crippen LogP contribution in [-0.2, 0) is 14.9 Å². The van der Waals surface area contributed by atoms with Gasteiger partial charge in [-0.25, -0.2) is 4.39 Å². The predicted molar refractivity (Wildman–Crippen MR) is 117 cm³/mol. The van der Waals surface area contributed by atoms with E-state index in [0.717, 1.165) is 38.3 Å². The minimum absolute atomic E-state index is 0.164. The second-order valence-corrected chi connectivity index (χ2v) is 8.11. The van der Waals surface area contributed by atoms with E-state index in [1.807, 2.05) is 23.1 Å². The van der Waals surface area contributed by atoms with Gasteiger partial charge in [-0.1, -0.05) is 54.6 Å². The lowest BCUT2D eigenvalue weighted by molar-refractivity contribution is -0.143. The van der Waals surface area contributed by atoms with Crippen LogP contribution >= 0.6 is 0 Å². The number of nitrogens with zero attached hydrogens (tertiary/aromatic N) is 2. The molecule has 0 atom stereocenters. The fourth-order valence-corrected chi connectivity index (χ4v) is 4.45. The van der Waals surface area contributed by atoms with E-state index < -0.39 is 5.41 Å². The van der Waals surface area contributed by atoms with E-state index in [2.05, 4.69) is 29.2 Å². The van der Waals surface area contributed by atoms with Gasteiger partial charge in [-0.3, -0.25) is 9.69 Å². The number of rotatable bonds is 5. The maximum absolute atomic E-state index is 13.6. The predicted octanol–water partition coefficient (Wildman–Crippen LogP) is 3.73. The van der Waals surface area contributed by atoms with Crippen LogP contribution in [0.2, 0.25) is 0 Å². The van der Waals surface area contributed by atoms with Crippen LogP contribution in [0.3, 0.4) is 0 Å². The molecule has 0 radical (unpaired) electrons. The van der Waals surface area contributed by atoms with Crippen LogP contribution < -0.4 is 0 Å². The quantitative estimate of drug-likeness (QED) is 0.756. The fourth-order valence-electron chi connectivity index (χ4n) is 4.45. The first-order chi connectivity index (χ1) is 14.7. The molecule has 2 saturated heterocycles. The van der Waals surface area contributed by atoms with Gasteiger partial charge in [-0.2, -0.15) is 0 Å². The number of carbonyl (C=O) groups excluding carboxylic acids is 1. The molecular weight excluding hydrogens is 379 g/mol. The number of hydrogen-bond donors (Lipinski definition) is 0. The normalized spacial score (nSPS) is 19.8. The first kappa shape index (κ1) is 20.8. The highest BCUT2D eigenvalue weighted by molar-refractivity contribution is 5.88. The molecule has 2 aliphatic heterocycles. The van der Waals surface area contributed by atoms with E-state index in [1.54, 1.807) is 12.1 Å². The van der Waals surface area contributed by atoms with Gasteiger partial charge in [0.1, 0.15) is 5.82 Å². The Morgan fingerprint density at radius 1 is 0.967 bits per heavy atom. The summed E-state index contributed by atoms with van der Waals surface area (Å²) in [5, 5.41) is 0. The van der Waals surface area contributed by atoms with Crippen LogP contribution in [0.1, 0.15) is 24.0 Å². The first-order valence-electron chi connectivity index (χ1n) is 10.7. The highest BCUT2D eigenvalue weighted by atomic mass is 19.1. The molecule has 2 aromatic rings. The van der Waals surface area contributed by atoms with E-state index in [-0.39, 0.29) is 11.7 Å². The third-order valence-electron chi connectivity index (χ3n) is 6.29. The Hall–Kier alpha value is -2.50. The summed E-state index contributed by atoms with van der Waals surface area (Å²) in [6.45, 7) is 5.18. The van der Waals surface area contributed by atoms with E-state index in [0.29, 0.717) is 26.1 Å². The number of halogens is 1. The zero-order chi connectivity index (χ0) is 20.8. The molecule has 158 valence electrons. The van der Waals surface area contributed by atoms with Crippen molar-refractivity contribution in [2.75, 3.05) is 45.9 Å². The van der Waals surface area contributed by atoms with Gasteiger partial charge >= 0.3 is 0 Å². The lowest BCUT2D eigenvalue weighted by atomic mass is 9.73. The zero-order valence-corrected chi connectivity index (χ0v) is 17.3. The molecule has 2 fully saturated rings. The molecule has 0 spiro atoms. The summed E-state index contributed by atoms with van der Waals surface area (Å²) in [7, 11) is 0. The minimum atomic E-state index is -0.596. The van der Waals surface area contributed by atoms with Gasteiger partial charge in [0, 0.05) is 45.9 Å². The molecule has 5 heteroatoms. The van der Waals surface area contributed by atoms with Gasteiger partial charge in [0.05, 0.1) is 5.41 Å². The maximum Gasteiger partial charge on any atom is 0.233 e. The number of hydrogen-bond acceptors (Lipinski definition) is 3. The molecule has 2 aliphatic rings. The van der Waals surface area contributed by atoms with E-state index >= 15 is 0 Å². The third-order valence-corrected chi connectivity index (χ3v) is 6.29. The van der Waals surface area contributed by atoms with Crippen LogP contribution in [0.4, 0.5) is 4.39 Å². The SMILES string of the molecule is O=C(N1CCN(C/C=C/c2ccccc2)CC1)C1(c2ccc(F)cc2)CCOCC1. The van der Waals surface area contributed by atoms with Crippen molar-refractivity contribution in [1.29, 1.82) is 0 Å². The molecule has 2 heterocycles. The fraction of sp³-hybridized carbons (Fsp3) is 0.400. The Labute approximate surface area is 177 Å². The molecule has 2 aromatic carbocycles. The number of benzene rings is 2. The summed E-state index contributed by atoms with van der Waals surface area (Å²) in [5.41, 5.74) is 1.51. The number of ether oxygens (including phenoxy) is 1. The number of carbonyl (C=O) groups is 1. The van der Waals surface area contributed by atoms with Crippen LogP contribution in [0.25, 0.3) is 6.08 Å². The summed E-state index contributed by atoms with van der Waals surface area (Å²) < 4.78 is 19.0. The van der Waals surface area contributed by atoms with Crippen LogP contribution in [0.15, 0.2) is 60.7 Å². The Morgan fingerprint density at radius 3 is 2.30 bits per heavy atom. The molecule has 0 bridgehead atoms. The second-order valence-electron chi connectivity index (χ2n) is 8.11. The van der Waals surface area contributed by atoms with Crippen molar-refractivity contribution < 1.29 is 13.9 Å². The summed E-state index contributed by atoms with van der Waals surface area (Å²) in [5.74, 6) is -0.109. The standard InChI is InChI=1S/C25H29FN2O2/c26-23-10-8-22(9-11-23)25(12-19-30-20-13-25)24(29)28-17-15-27(16-18-28)14-4-7-21-5-2-1-3-6-21/h1-11H,12-20H2/b7-4+. The number of piperazine rings is 1. The zero-order valence-electron chi connectivity index (χ0n) is 17.3. The second kappa shape index (κ2) is 9.54. The highest BCUT2D eigenvalue weighted by Gasteiger charge is 2.44. The van der Waals surface area contributed by atoms with Gasteiger partial charge in [-0.05, 0) is 36.1 Å². The minimum Gasteiger partial charge on any atom is -0.381 e. The van der Waals surface area contributed by atoms with Crippen LogP contribution in [-0.4, -0.2) is 61.6 Å².